The monoisotopic (exact) mass is 143 g/mol. The summed E-state index contributed by atoms with van der Waals surface area (Å²) >= 11 is 0. The van der Waals surface area contributed by atoms with Crippen LogP contribution in [0.1, 0.15) is 39.0 Å². The summed E-state index contributed by atoms with van der Waals surface area (Å²) in [7, 11) is 0. The molecule has 1 saturated carbocycles. The maximum Gasteiger partial charge on any atom is 0.0660 e. The quantitative estimate of drug-likeness (QED) is 0.576. The summed E-state index contributed by atoms with van der Waals surface area (Å²) in [5, 5.41) is 9.77. The average molecular weight is 143 g/mol. The van der Waals surface area contributed by atoms with Crippen molar-refractivity contribution in [1.29, 1.82) is 0 Å². The number of aliphatic hydroxyl groups is 1. The van der Waals surface area contributed by atoms with Gasteiger partial charge in [-0.05, 0) is 32.1 Å². The summed E-state index contributed by atoms with van der Waals surface area (Å²) in [6.07, 6.45) is 4.76. The van der Waals surface area contributed by atoms with Gasteiger partial charge < -0.3 is 10.8 Å². The van der Waals surface area contributed by atoms with E-state index in [1.165, 1.54) is 0 Å². The summed E-state index contributed by atoms with van der Waals surface area (Å²) in [4.78, 5) is 0. The van der Waals surface area contributed by atoms with Crippen LogP contribution in [0.4, 0.5) is 0 Å². The second-order valence-corrected chi connectivity index (χ2v) is 3.43. The highest BCUT2D eigenvalue weighted by Crippen LogP contribution is 2.29. The smallest absolute Gasteiger partial charge is 0.0660 e. The van der Waals surface area contributed by atoms with E-state index in [0.717, 1.165) is 32.1 Å². The van der Waals surface area contributed by atoms with Crippen LogP contribution < -0.4 is 5.73 Å². The molecule has 1 aliphatic rings. The molecular weight excluding hydrogens is 126 g/mol. The minimum absolute atomic E-state index is 0.235. The Bertz CT molecular complexity index is 116. The maximum atomic E-state index is 9.77. The first-order valence-corrected chi connectivity index (χ1v) is 4.14. The molecule has 1 rings (SSSR count). The molecule has 0 radical (unpaired) electrons. The lowest BCUT2D eigenvalue weighted by Crippen LogP contribution is -2.40. The van der Waals surface area contributed by atoms with Crippen molar-refractivity contribution in [2.75, 3.05) is 0 Å². The van der Waals surface area contributed by atoms with Gasteiger partial charge in [-0.2, -0.15) is 0 Å². The normalized spacial score (nSPS) is 41.7. The van der Waals surface area contributed by atoms with Gasteiger partial charge in [0.2, 0.25) is 0 Å². The number of hydrogen-bond donors (Lipinski definition) is 2. The minimum atomic E-state index is -0.433. The van der Waals surface area contributed by atoms with Crippen LogP contribution in [0, 0.1) is 0 Å². The van der Waals surface area contributed by atoms with Gasteiger partial charge >= 0.3 is 0 Å². The van der Waals surface area contributed by atoms with Crippen molar-refractivity contribution in [1.82, 2.24) is 0 Å². The molecule has 0 heterocycles. The molecule has 0 spiro atoms. The van der Waals surface area contributed by atoms with Gasteiger partial charge in [0.15, 0.2) is 0 Å². The van der Waals surface area contributed by atoms with Gasteiger partial charge in [0.05, 0.1) is 5.60 Å². The predicted octanol–water partition coefficient (Wildman–Crippen LogP) is 1.03. The third-order valence-corrected chi connectivity index (χ3v) is 2.52. The van der Waals surface area contributed by atoms with Crippen molar-refractivity contribution in [2.45, 2.75) is 50.7 Å². The van der Waals surface area contributed by atoms with Gasteiger partial charge in [0.1, 0.15) is 0 Å². The molecule has 0 aromatic rings. The summed E-state index contributed by atoms with van der Waals surface area (Å²) in [5.41, 5.74) is 5.29. The summed E-state index contributed by atoms with van der Waals surface area (Å²) < 4.78 is 0. The molecule has 0 saturated heterocycles. The molecule has 60 valence electrons. The fourth-order valence-corrected chi connectivity index (χ4v) is 1.71. The lowest BCUT2D eigenvalue weighted by molar-refractivity contribution is -0.00562. The number of nitrogens with two attached hydrogens (primary N) is 1. The highest BCUT2D eigenvalue weighted by Gasteiger charge is 2.30. The molecule has 2 nitrogen and oxygen atoms in total. The van der Waals surface area contributed by atoms with Crippen molar-refractivity contribution >= 4 is 0 Å². The Hall–Kier alpha value is -0.0800. The fraction of sp³-hybridized carbons (Fsp3) is 1.00. The molecule has 3 N–H and O–H groups in total. The molecule has 0 unspecified atom stereocenters. The lowest BCUT2D eigenvalue weighted by atomic mass is 9.81. The highest BCUT2D eigenvalue weighted by molar-refractivity contribution is 4.86. The zero-order valence-corrected chi connectivity index (χ0v) is 6.64. The van der Waals surface area contributed by atoms with E-state index in [-0.39, 0.29) is 6.04 Å². The summed E-state index contributed by atoms with van der Waals surface area (Å²) in [5.74, 6) is 0. The van der Waals surface area contributed by atoms with Crippen LogP contribution in [0.5, 0.6) is 0 Å². The van der Waals surface area contributed by atoms with Crippen molar-refractivity contribution in [3.05, 3.63) is 0 Å². The van der Waals surface area contributed by atoms with Crippen molar-refractivity contribution in [3.8, 4) is 0 Å². The van der Waals surface area contributed by atoms with Crippen molar-refractivity contribution in [3.63, 3.8) is 0 Å². The molecule has 0 bridgehead atoms. The Morgan fingerprint density at radius 1 is 1.70 bits per heavy atom. The first kappa shape index (κ1) is 8.02. The molecule has 1 fully saturated rings. The predicted molar refractivity (Wildman–Crippen MR) is 41.7 cm³/mol. The van der Waals surface area contributed by atoms with Gasteiger partial charge in [0.25, 0.3) is 0 Å². The summed E-state index contributed by atoms with van der Waals surface area (Å²) in [6, 6.07) is 0.235. The molecule has 1 aliphatic carbocycles. The molecular formula is C8H17NO. The first-order chi connectivity index (χ1) is 4.66. The van der Waals surface area contributed by atoms with E-state index >= 15 is 0 Å². The second kappa shape index (κ2) is 2.89. The number of rotatable bonds is 1. The Morgan fingerprint density at radius 2 is 2.40 bits per heavy atom. The van der Waals surface area contributed by atoms with E-state index < -0.39 is 5.60 Å². The summed E-state index contributed by atoms with van der Waals surface area (Å²) in [6.45, 7) is 2.03. The van der Waals surface area contributed by atoms with Crippen LogP contribution in [0.3, 0.4) is 0 Å². The van der Waals surface area contributed by atoms with Gasteiger partial charge in [-0.1, -0.05) is 6.92 Å². The zero-order chi connectivity index (χ0) is 7.61. The van der Waals surface area contributed by atoms with E-state index in [1.807, 2.05) is 6.92 Å². The molecule has 0 aromatic carbocycles. The van der Waals surface area contributed by atoms with Crippen LogP contribution in [0.15, 0.2) is 0 Å². The molecule has 2 heteroatoms. The van der Waals surface area contributed by atoms with Crippen LogP contribution in [-0.4, -0.2) is 16.7 Å². The fourth-order valence-electron chi connectivity index (χ4n) is 1.71. The highest BCUT2D eigenvalue weighted by atomic mass is 16.3. The molecule has 0 aromatic heterocycles. The Kier molecular flexibility index (Phi) is 2.32. The van der Waals surface area contributed by atoms with Gasteiger partial charge in [-0.25, -0.2) is 0 Å². The van der Waals surface area contributed by atoms with E-state index in [0.29, 0.717) is 0 Å². The zero-order valence-electron chi connectivity index (χ0n) is 6.64. The van der Waals surface area contributed by atoms with E-state index in [1.54, 1.807) is 0 Å². The Morgan fingerprint density at radius 3 is 2.80 bits per heavy atom. The molecule has 2 atom stereocenters. The Balaban J connectivity index is 2.45. The standard InChI is InChI=1S/C8H17NO/c1-2-8(10)5-3-4-7(9)6-8/h7,10H,2-6,9H2,1H3/t7-,8+/m0/s1. The largest absolute Gasteiger partial charge is 0.390 e. The molecule has 10 heavy (non-hydrogen) atoms. The van der Waals surface area contributed by atoms with Gasteiger partial charge in [-0.3, -0.25) is 0 Å². The van der Waals surface area contributed by atoms with Crippen LogP contribution >= 0.6 is 0 Å². The van der Waals surface area contributed by atoms with Crippen LogP contribution in [0.25, 0.3) is 0 Å². The van der Waals surface area contributed by atoms with Crippen molar-refractivity contribution < 1.29 is 5.11 Å². The topological polar surface area (TPSA) is 46.2 Å². The van der Waals surface area contributed by atoms with E-state index in [2.05, 4.69) is 0 Å². The van der Waals surface area contributed by atoms with Crippen LogP contribution in [-0.2, 0) is 0 Å². The number of hydrogen-bond acceptors (Lipinski definition) is 2. The van der Waals surface area contributed by atoms with Gasteiger partial charge in [0, 0.05) is 6.04 Å². The minimum Gasteiger partial charge on any atom is -0.390 e. The maximum absolute atomic E-state index is 9.77. The third kappa shape index (κ3) is 1.70. The molecule has 0 amide bonds. The SMILES string of the molecule is CC[C@@]1(O)CCC[C@H](N)C1. The van der Waals surface area contributed by atoms with E-state index in [9.17, 15) is 5.11 Å². The van der Waals surface area contributed by atoms with Crippen LogP contribution in [0.2, 0.25) is 0 Å². The third-order valence-electron chi connectivity index (χ3n) is 2.52. The lowest BCUT2D eigenvalue weighted by Gasteiger charge is -2.34. The second-order valence-electron chi connectivity index (χ2n) is 3.43. The average Bonchev–Trinajstić information content (AvgIpc) is 1.88. The molecule has 0 aliphatic heterocycles. The van der Waals surface area contributed by atoms with E-state index in [4.69, 9.17) is 5.73 Å². The first-order valence-electron chi connectivity index (χ1n) is 4.14. The van der Waals surface area contributed by atoms with Crippen molar-refractivity contribution in [2.24, 2.45) is 5.73 Å². The van der Waals surface area contributed by atoms with Gasteiger partial charge in [-0.15, -0.1) is 0 Å². The Labute approximate surface area is 62.4 Å².